The van der Waals surface area contributed by atoms with Crippen molar-refractivity contribution in [1.82, 2.24) is 9.55 Å². The summed E-state index contributed by atoms with van der Waals surface area (Å²) >= 11 is 0. The number of hydrogen-bond donors (Lipinski definition) is 2. The smallest absolute Gasteiger partial charge is 0.293 e. The molecule has 1 rings (SSSR count). The highest BCUT2D eigenvalue weighted by atomic mass is 16.1. The summed E-state index contributed by atoms with van der Waals surface area (Å²) < 4.78 is 1.60. The summed E-state index contributed by atoms with van der Waals surface area (Å²) in [6.45, 7) is 9.50. The van der Waals surface area contributed by atoms with Gasteiger partial charge in [0.05, 0.1) is 5.41 Å². The van der Waals surface area contributed by atoms with E-state index in [4.69, 9.17) is 5.73 Å². The van der Waals surface area contributed by atoms with Gasteiger partial charge in [-0.2, -0.15) is 0 Å². The molecule has 1 aromatic rings. The van der Waals surface area contributed by atoms with Crippen LogP contribution in [-0.2, 0) is 10.3 Å². The van der Waals surface area contributed by atoms with Gasteiger partial charge >= 0.3 is 0 Å². The molecule has 0 bridgehead atoms. The third-order valence-electron chi connectivity index (χ3n) is 2.93. The minimum absolute atomic E-state index is 0.213. The number of carbonyl (C=O) groups excluding carboxylic acids is 1. The molecule has 0 atom stereocenters. The second kappa shape index (κ2) is 5.03. The zero-order valence-electron chi connectivity index (χ0n) is 12.2. The SMILES string of the molecule is CC(C)(CNc1nccn(C(C)(C)C)c1=O)C(N)=O. The molecular weight excluding hydrogens is 244 g/mol. The average Bonchev–Trinajstić information content (AvgIpc) is 2.25. The Labute approximate surface area is 113 Å². The lowest BCUT2D eigenvalue weighted by Gasteiger charge is -2.24. The van der Waals surface area contributed by atoms with Crippen LogP contribution in [0.4, 0.5) is 5.82 Å². The first-order chi connectivity index (χ1) is 8.55. The summed E-state index contributed by atoms with van der Waals surface area (Å²) in [4.78, 5) is 27.5. The normalized spacial score (nSPS) is 12.3. The molecule has 19 heavy (non-hydrogen) atoms. The number of nitrogens with two attached hydrogens (primary N) is 1. The molecule has 0 fully saturated rings. The van der Waals surface area contributed by atoms with Crippen molar-refractivity contribution in [2.24, 2.45) is 11.1 Å². The predicted molar refractivity (Wildman–Crippen MR) is 75.0 cm³/mol. The highest BCUT2D eigenvalue weighted by molar-refractivity contribution is 5.80. The molecule has 1 amide bonds. The number of rotatable bonds is 4. The van der Waals surface area contributed by atoms with Crippen LogP contribution in [0.2, 0.25) is 0 Å². The van der Waals surface area contributed by atoms with Crippen LogP contribution in [0.1, 0.15) is 34.6 Å². The van der Waals surface area contributed by atoms with Gasteiger partial charge in [-0.1, -0.05) is 0 Å². The number of nitrogens with one attached hydrogen (secondary N) is 1. The molecule has 1 aromatic heterocycles. The molecule has 0 aliphatic heterocycles. The maximum absolute atomic E-state index is 12.2. The van der Waals surface area contributed by atoms with Crippen molar-refractivity contribution in [2.45, 2.75) is 40.2 Å². The first kappa shape index (κ1) is 15.2. The Kier molecular flexibility index (Phi) is 4.03. The van der Waals surface area contributed by atoms with E-state index in [9.17, 15) is 9.59 Å². The van der Waals surface area contributed by atoms with Gasteiger partial charge in [0.15, 0.2) is 5.82 Å². The van der Waals surface area contributed by atoms with Crippen molar-refractivity contribution < 1.29 is 4.79 Å². The van der Waals surface area contributed by atoms with Crippen LogP contribution < -0.4 is 16.6 Å². The van der Waals surface area contributed by atoms with Crippen molar-refractivity contribution in [3.05, 3.63) is 22.7 Å². The third kappa shape index (κ3) is 3.56. The number of amides is 1. The molecule has 1 heterocycles. The lowest BCUT2D eigenvalue weighted by atomic mass is 9.93. The van der Waals surface area contributed by atoms with Crippen LogP contribution in [0.25, 0.3) is 0 Å². The van der Waals surface area contributed by atoms with Crippen molar-refractivity contribution in [3.8, 4) is 0 Å². The van der Waals surface area contributed by atoms with Gasteiger partial charge in [0, 0.05) is 24.5 Å². The second-order valence-electron chi connectivity index (χ2n) is 6.22. The van der Waals surface area contributed by atoms with Crippen molar-refractivity contribution in [3.63, 3.8) is 0 Å². The number of anilines is 1. The molecule has 6 heteroatoms. The molecule has 0 unspecified atom stereocenters. The number of nitrogens with zero attached hydrogens (tertiary/aromatic N) is 2. The average molecular weight is 266 g/mol. The van der Waals surface area contributed by atoms with Crippen LogP contribution in [0.5, 0.6) is 0 Å². The van der Waals surface area contributed by atoms with Gasteiger partial charge in [0.2, 0.25) is 5.91 Å². The van der Waals surface area contributed by atoms with Gasteiger partial charge in [-0.3, -0.25) is 9.59 Å². The van der Waals surface area contributed by atoms with E-state index < -0.39 is 11.3 Å². The second-order valence-corrected chi connectivity index (χ2v) is 6.22. The van der Waals surface area contributed by atoms with E-state index in [1.165, 1.54) is 0 Å². The Balaban J connectivity index is 2.99. The Morgan fingerprint density at radius 2 is 1.95 bits per heavy atom. The first-order valence-corrected chi connectivity index (χ1v) is 6.17. The molecule has 0 aromatic carbocycles. The summed E-state index contributed by atoms with van der Waals surface area (Å²) in [5.74, 6) is -0.196. The molecule has 0 spiro atoms. The molecular formula is C13H22N4O2. The minimum Gasteiger partial charge on any atom is -0.369 e. The molecule has 0 radical (unpaired) electrons. The highest BCUT2D eigenvalue weighted by Gasteiger charge is 2.25. The van der Waals surface area contributed by atoms with Crippen LogP contribution >= 0.6 is 0 Å². The molecule has 106 valence electrons. The molecule has 3 N–H and O–H groups in total. The number of primary amides is 1. The number of aromatic nitrogens is 2. The van der Waals surface area contributed by atoms with Gasteiger partial charge in [-0.15, -0.1) is 0 Å². The lowest BCUT2D eigenvalue weighted by molar-refractivity contribution is -0.125. The lowest BCUT2D eigenvalue weighted by Crippen LogP contribution is -2.40. The summed E-state index contributed by atoms with van der Waals surface area (Å²) in [6.07, 6.45) is 3.21. The van der Waals surface area contributed by atoms with Crippen LogP contribution in [-0.4, -0.2) is 22.0 Å². The van der Waals surface area contributed by atoms with E-state index in [1.807, 2.05) is 20.8 Å². The Morgan fingerprint density at radius 1 is 1.37 bits per heavy atom. The van der Waals surface area contributed by atoms with E-state index >= 15 is 0 Å². The van der Waals surface area contributed by atoms with E-state index in [0.29, 0.717) is 0 Å². The quantitative estimate of drug-likeness (QED) is 0.848. The van der Waals surface area contributed by atoms with Crippen LogP contribution in [0.15, 0.2) is 17.2 Å². The van der Waals surface area contributed by atoms with Crippen molar-refractivity contribution in [2.75, 3.05) is 11.9 Å². The van der Waals surface area contributed by atoms with Crippen LogP contribution in [0, 0.1) is 5.41 Å². The number of carbonyl (C=O) groups is 1. The fourth-order valence-corrected chi connectivity index (χ4v) is 1.45. The summed E-state index contributed by atoms with van der Waals surface area (Å²) in [5, 5.41) is 2.90. The largest absolute Gasteiger partial charge is 0.369 e. The summed E-state index contributed by atoms with van der Waals surface area (Å²) in [5.41, 5.74) is 4.01. The Morgan fingerprint density at radius 3 is 2.42 bits per heavy atom. The zero-order chi connectivity index (χ0) is 14.8. The van der Waals surface area contributed by atoms with Crippen LogP contribution in [0.3, 0.4) is 0 Å². The van der Waals surface area contributed by atoms with Gasteiger partial charge in [0.25, 0.3) is 5.56 Å². The maximum Gasteiger partial charge on any atom is 0.293 e. The van der Waals surface area contributed by atoms with E-state index in [1.54, 1.807) is 30.8 Å². The maximum atomic E-state index is 12.2. The minimum atomic E-state index is -0.740. The van der Waals surface area contributed by atoms with E-state index in [2.05, 4.69) is 10.3 Å². The summed E-state index contributed by atoms with van der Waals surface area (Å²) in [7, 11) is 0. The predicted octanol–water partition coefficient (Wildman–Crippen LogP) is 0.922. The Hall–Kier alpha value is -1.85. The first-order valence-electron chi connectivity index (χ1n) is 6.17. The van der Waals surface area contributed by atoms with Gasteiger partial charge in [-0.25, -0.2) is 4.98 Å². The monoisotopic (exact) mass is 266 g/mol. The van der Waals surface area contributed by atoms with Crippen molar-refractivity contribution >= 4 is 11.7 Å². The van der Waals surface area contributed by atoms with Gasteiger partial charge < -0.3 is 15.6 Å². The fraction of sp³-hybridized carbons (Fsp3) is 0.615. The summed E-state index contributed by atoms with van der Waals surface area (Å²) in [6, 6.07) is 0. The molecule has 0 saturated carbocycles. The van der Waals surface area contributed by atoms with Gasteiger partial charge in [0.1, 0.15) is 0 Å². The zero-order valence-corrected chi connectivity index (χ0v) is 12.2. The number of hydrogen-bond acceptors (Lipinski definition) is 4. The molecule has 6 nitrogen and oxygen atoms in total. The molecule has 0 aliphatic rings. The fourth-order valence-electron chi connectivity index (χ4n) is 1.45. The van der Waals surface area contributed by atoms with Gasteiger partial charge in [-0.05, 0) is 34.6 Å². The molecule has 0 saturated heterocycles. The molecule has 0 aliphatic carbocycles. The topological polar surface area (TPSA) is 90.0 Å². The Bertz CT molecular complexity index is 526. The van der Waals surface area contributed by atoms with Crippen molar-refractivity contribution in [1.29, 1.82) is 0 Å². The highest BCUT2D eigenvalue weighted by Crippen LogP contribution is 2.15. The third-order valence-corrected chi connectivity index (χ3v) is 2.93. The standard InChI is InChI=1S/C13H22N4O2/c1-12(2,3)17-7-6-15-9(10(17)18)16-8-13(4,5)11(14)19/h6-7H,8H2,1-5H3,(H2,14,19)(H,15,16). The van der Waals surface area contributed by atoms with E-state index in [-0.39, 0.29) is 23.5 Å². The van der Waals surface area contributed by atoms with E-state index in [0.717, 1.165) is 0 Å².